The molecule has 78 heavy (non-hydrogen) atoms. The molecule has 0 aromatic carbocycles. The minimum atomic E-state index is -0.808. The smallest absolute Gasteiger partial charge is 0.306 e. The Morgan fingerprint density at radius 2 is 0.513 bits per heavy atom. The summed E-state index contributed by atoms with van der Waals surface area (Å²) >= 11 is 0. The van der Waals surface area contributed by atoms with Gasteiger partial charge in [-0.15, -0.1) is 0 Å². The van der Waals surface area contributed by atoms with Crippen molar-refractivity contribution in [3.8, 4) is 0 Å². The third kappa shape index (κ3) is 62.9. The minimum Gasteiger partial charge on any atom is -0.462 e. The van der Waals surface area contributed by atoms with E-state index >= 15 is 0 Å². The van der Waals surface area contributed by atoms with E-state index in [4.69, 9.17) is 14.2 Å². The van der Waals surface area contributed by atoms with Gasteiger partial charge in [-0.1, -0.05) is 278 Å². The molecule has 1 atom stereocenters. The fraction of sp³-hybridized carbons (Fsp3) is 0.708. The average Bonchev–Trinajstić information content (AvgIpc) is 3.44. The lowest BCUT2D eigenvalue weighted by molar-refractivity contribution is -0.167. The van der Waals surface area contributed by atoms with Gasteiger partial charge in [0.1, 0.15) is 13.2 Å². The third-order valence-corrected chi connectivity index (χ3v) is 14.0. The highest BCUT2D eigenvalue weighted by atomic mass is 16.6. The normalized spacial score (nSPS) is 12.8. The van der Waals surface area contributed by atoms with Crippen molar-refractivity contribution >= 4 is 17.9 Å². The Morgan fingerprint density at radius 1 is 0.269 bits per heavy atom. The summed E-state index contributed by atoms with van der Waals surface area (Å²) in [5.74, 6) is -0.963. The van der Waals surface area contributed by atoms with Gasteiger partial charge in [0.2, 0.25) is 0 Å². The molecule has 6 nitrogen and oxygen atoms in total. The van der Waals surface area contributed by atoms with Crippen LogP contribution in [0.5, 0.6) is 0 Å². The average molecular weight is 1080 g/mol. The quantitative estimate of drug-likeness (QED) is 0.0261. The van der Waals surface area contributed by atoms with Gasteiger partial charge in [0.15, 0.2) is 6.10 Å². The Labute approximate surface area is 482 Å². The highest BCUT2D eigenvalue weighted by Crippen LogP contribution is 2.16. The summed E-state index contributed by atoms with van der Waals surface area (Å²) in [5.41, 5.74) is 0. The van der Waals surface area contributed by atoms with Gasteiger partial charge in [0.05, 0.1) is 0 Å². The lowest BCUT2D eigenvalue weighted by Crippen LogP contribution is -2.30. The van der Waals surface area contributed by atoms with Crippen LogP contribution in [0.3, 0.4) is 0 Å². The number of ether oxygens (including phenoxy) is 3. The molecule has 6 heteroatoms. The maximum Gasteiger partial charge on any atom is 0.306 e. The summed E-state index contributed by atoms with van der Waals surface area (Å²) in [6, 6.07) is 0. The predicted octanol–water partition coefficient (Wildman–Crippen LogP) is 22.6. The van der Waals surface area contributed by atoms with Crippen LogP contribution in [0.25, 0.3) is 0 Å². The van der Waals surface area contributed by atoms with Crippen molar-refractivity contribution in [2.75, 3.05) is 13.2 Å². The number of esters is 3. The molecule has 1 unspecified atom stereocenters. The van der Waals surface area contributed by atoms with E-state index in [0.717, 1.165) is 103 Å². The molecule has 0 N–H and O–H groups in total. The van der Waals surface area contributed by atoms with Gasteiger partial charge in [0.25, 0.3) is 0 Å². The molecule has 0 radical (unpaired) electrons. The van der Waals surface area contributed by atoms with E-state index in [2.05, 4.69) is 130 Å². The number of hydrogen-bond acceptors (Lipinski definition) is 6. The van der Waals surface area contributed by atoms with Crippen LogP contribution in [-0.4, -0.2) is 37.2 Å². The van der Waals surface area contributed by atoms with Crippen LogP contribution in [0.15, 0.2) is 109 Å². The van der Waals surface area contributed by atoms with Crippen molar-refractivity contribution in [1.82, 2.24) is 0 Å². The van der Waals surface area contributed by atoms with Crippen LogP contribution in [0.1, 0.15) is 310 Å². The molecule has 0 bridgehead atoms. The van der Waals surface area contributed by atoms with Gasteiger partial charge >= 0.3 is 17.9 Å². The predicted molar refractivity (Wildman–Crippen MR) is 339 cm³/mol. The second-order valence-electron chi connectivity index (χ2n) is 21.6. The van der Waals surface area contributed by atoms with Crippen molar-refractivity contribution in [3.63, 3.8) is 0 Å². The fourth-order valence-electron chi connectivity index (χ4n) is 9.07. The molecule has 0 fully saturated rings. The molecular formula is C72H122O6. The highest BCUT2D eigenvalue weighted by Gasteiger charge is 2.19. The molecule has 0 saturated heterocycles. The van der Waals surface area contributed by atoms with Gasteiger partial charge in [-0.05, 0) is 122 Å². The molecule has 446 valence electrons. The Kier molecular flexibility index (Phi) is 62.3. The van der Waals surface area contributed by atoms with Gasteiger partial charge < -0.3 is 14.2 Å². The van der Waals surface area contributed by atoms with Crippen LogP contribution in [0.2, 0.25) is 0 Å². The van der Waals surface area contributed by atoms with Crippen molar-refractivity contribution in [2.24, 2.45) is 0 Å². The lowest BCUT2D eigenvalue weighted by Gasteiger charge is -2.18. The zero-order valence-corrected chi connectivity index (χ0v) is 51.2. The first-order chi connectivity index (χ1) is 38.5. The largest absolute Gasteiger partial charge is 0.462 e. The molecule has 0 aromatic heterocycles. The zero-order valence-electron chi connectivity index (χ0n) is 51.2. The molecule has 0 spiro atoms. The number of hydrogen-bond donors (Lipinski definition) is 0. The van der Waals surface area contributed by atoms with Crippen LogP contribution < -0.4 is 0 Å². The van der Waals surface area contributed by atoms with E-state index in [1.807, 2.05) is 0 Å². The number of allylic oxidation sites excluding steroid dienone is 18. The van der Waals surface area contributed by atoms with E-state index in [-0.39, 0.29) is 37.5 Å². The first-order valence-corrected chi connectivity index (χ1v) is 32.9. The Morgan fingerprint density at radius 3 is 0.846 bits per heavy atom. The molecule has 0 aliphatic carbocycles. The number of rotatable bonds is 59. The maximum absolute atomic E-state index is 12.9. The Bertz CT molecular complexity index is 1570. The summed E-state index contributed by atoms with van der Waals surface area (Å²) in [6.07, 6.45) is 89.6. The second-order valence-corrected chi connectivity index (χ2v) is 21.6. The maximum atomic E-state index is 12.9. The second kappa shape index (κ2) is 65.6. The monoisotopic (exact) mass is 1080 g/mol. The standard InChI is InChI=1S/C72H122O6/c1-4-7-10-13-16-19-22-25-28-30-32-34-36-38-40-42-44-47-50-53-56-59-62-65-71(74)77-68-69(67-76-70(73)64-61-58-55-52-49-46-27-24-21-18-15-12-9-6-3)78-72(75)66-63-60-57-54-51-48-45-43-41-39-37-35-33-31-29-26-23-20-17-14-11-8-5-2/h7,10,16,19,24-25,27-28,31-34,38,40,44,47,53,56,69H,4-6,8-9,11-15,17-18,20-23,26,29-30,35-37,39,41-43,45-46,48-52,54-55,57-68H2,1-3H3/b10-7-,19-16-,27-24-,28-25-,33-31-,34-32-,40-38-,47-44-,56-53-. The molecule has 0 amide bonds. The van der Waals surface area contributed by atoms with Crippen LogP contribution in [-0.2, 0) is 28.6 Å². The van der Waals surface area contributed by atoms with E-state index in [1.165, 1.54) is 161 Å². The summed E-state index contributed by atoms with van der Waals surface area (Å²) in [6.45, 7) is 6.49. The topological polar surface area (TPSA) is 78.9 Å². The molecule has 0 aliphatic heterocycles. The van der Waals surface area contributed by atoms with E-state index in [9.17, 15) is 14.4 Å². The summed E-state index contributed by atoms with van der Waals surface area (Å²) in [5, 5.41) is 0. The number of carbonyl (C=O) groups is 3. The van der Waals surface area contributed by atoms with Gasteiger partial charge in [-0.2, -0.15) is 0 Å². The van der Waals surface area contributed by atoms with Gasteiger partial charge in [-0.3, -0.25) is 14.4 Å². The van der Waals surface area contributed by atoms with Crippen LogP contribution in [0.4, 0.5) is 0 Å². The van der Waals surface area contributed by atoms with Crippen LogP contribution in [0, 0.1) is 0 Å². The Balaban J connectivity index is 4.44. The third-order valence-electron chi connectivity index (χ3n) is 14.0. The lowest BCUT2D eigenvalue weighted by atomic mass is 10.0. The summed E-state index contributed by atoms with van der Waals surface area (Å²) < 4.78 is 16.9. The van der Waals surface area contributed by atoms with Crippen molar-refractivity contribution < 1.29 is 28.6 Å². The molecule has 0 heterocycles. The van der Waals surface area contributed by atoms with E-state index in [0.29, 0.717) is 19.3 Å². The molecule has 0 rings (SSSR count). The molecule has 0 saturated carbocycles. The number of carbonyl (C=O) groups excluding carboxylic acids is 3. The van der Waals surface area contributed by atoms with Gasteiger partial charge in [0, 0.05) is 19.3 Å². The Hall–Kier alpha value is -3.93. The van der Waals surface area contributed by atoms with E-state index in [1.54, 1.807) is 0 Å². The highest BCUT2D eigenvalue weighted by molar-refractivity contribution is 5.71. The first-order valence-electron chi connectivity index (χ1n) is 32.9. The molecule has 0 aromatic rings. The zero-order chi connectivity index (χ0) is 56.4. The first kappa shape index (κ1) is 74.1. The molecule has 0 aliphatic rings. The number of unbranched alkanes of at least 4 members (excludes halogenated alkanes) is 30. The van der Waals surface area contributed by atoms with Crippen molar-refractivity contribution in [3.05, 3.63) is 109 Å². The SMILES string of the molecule is CC/C=C\C/C=C\C/C=C\C/C=C\C/C=C\C/C=C\C/C=C\CCCC(=O)OCC(COC(=O)CCCCCCC/C=C\CCCCCCC)OC(=O)CCCCCCCCCCCCC/C=C\CCCCCCCCCC. The fourth-order valence-corrected chi connectivity index (χ4v) is 9.07. The van der Waals surface area contributed by atoms with Crippen molar-refractivity contribution in [1.29, 1.82) is 0 Å². The van der Waals surface area contributed by atoms with Gasteiger partial charge in [-0.25, -0.2) is 0 Å². The van der Waals surface area contributed by atoms with Crippen LogP contribution >= 0.6 is 0 Å². The molecular weight excluding hydrogens is 961 g/mol. The summed E-state index contributed by atoms with van der Waals surface area (Å²) in [7, 11) is 0. The van der Waals surface area contributed by atoms with E-state index < -0.39 is 6.10 Å². The van der Waals surface area contributed by atoms with Crippen molar-refractivity contribution in [2.45, 2.75) is 316 Å². The minimum absolute atomic E-state index is 0.101. The summed E-state index contributed by atoms with van der Waals surface area (Å²) in [4.78, 5) is 38.3.